The highest BCUT2D eigenvalue weighted by molar-refractivity contribution is 7.21. The largest absolute Gasteiger partial charge is 0.539 e. The van der Waals surface area contributed by atoms with Crippen molar-refractivity contribution in [2.24, 2.45) is 0 Å². The van der Waals surface area contributed by atoms with E-state index < -0.39 is 11.7 Å². The van der Waals surface area contributed by atoms with E-state index in [9.17, 15) is 9.90 Å². The van der Waals surface area contributed by atoms with Crippen molar-refractivity contribution in [2.75, 3.05) is 5.73 Å². The second kappa shape index (κ2) is 6.42. The fraction of sp³-hybridized carbons (Fsp3) is 0.200. The Morgan fingerprint density at radius 2 is 1.82 bits per heavy atom. The molecule has 3 aromatic heterocycles. The third-order valence-electron chi connectivity index (χ3n) is 4.99. The van der Waals surface area contributed by atoms with Crippen LogP contribution in [-0.2, 0) is 0 Å². The number of benzene rings is 1. The van der Waals surface area contributed by atoms with Gasteiger partial charge in [0.1, 0.15) is 9.71 Å². The highest BCUT2D eigenvalue weighted by atomic mass is 32.1. The number of hydrogen-bond donors (Lipinski definition) is 1. The zero-order chi connectivity index (χ0) is 20.2. The van der Waals surface area contributed by atoms with E-state index in [-0.39, 0.29) is 10.6 Å². The molecule has 1 aromatic carbocycles. The number of aromatic nitrogens is 3. The van der Waals surface area contributed by atoms with Crippen LogP contribution in [0.3, 0.4) is 0 Å². The lowest BCUT2D eigenvalue weighted by atomic mass is 10.0. The molecule has 0 saturated carbocycles. The molecule has 0 unspecified atom stereocenters. The lowest BCUT2D eigenvalue weighted by Crippen LogP contribution is -2.39. The molecule has 4 aromatic rings. The van der Waals surface area contributed by atoms with Crippen molar-refractivity contribution in [1.82, 2.24) is 10.3 Å². The van der Waals surface area contributed by atoms with Gasteiger partial charge in [-0.15, -0.1) is 11.3 Å². The average Bonchev–Trinajstić information content (AvgIpc) is 3.20. The molecule has 7 nitrogen and oxygen atoms in total. The fourth-order valence-corrected chi connectivity index (χ4v) is 4.29. The van der Waals surface area contributed by atoms with Crippen LogP contribution >= 0.6 is 11.3 Å². The summed E-state index contributed by atoms with van der Waals surface area (Å²) in [7, 11) is 0. The second-order valence-electron chi connectivity index (χ2n) is 6.76. The number of aryl methyl sites for hydroxylation is 3. The van der Waals surface area contributed by atoms with Gasteiger partial charge in [-0.1, -0.05) is 17.7 Å². The Bertz CT molecular complexity index is 1240. The number of nitrogen functional groups attached to an aromatic ring is 1. The first-order chi connectivity index (χ1) is 13.3. The normalized spacial score (nSPS) is 11.3. The fourth-order valence-electron chi connectivity index (χ4n) is 3.14. The molecule has 8 heteroatoms. The van der Waals surface area contributed by atoms with Gasteiger partial charge in [-0.05, 0) is 43.5 Å². The number of carbonyl (C=O) groups is 1. The molecule has 0 fully saturated rings. The lowest BCUT2D eigenvalue weighted by molar-refractivity contribution is -0.672. The minimum absolute atomic E-state index is 0.187. The van der Waals surface area contributed by atoms with Crippen LogP contribution < -0.4 is 15.5 Å². The quantitative estimate of drug-likeness (QED) is 0.423. The van der Waals surface area contributed by atoms with Gasteiger partial charge in [-0.25, -0.2) is 4.98 Å². The molecule has 0 radical (unpaired) electrons. The van der Waals surface area contributed by atoms with Gasteiger partial charge >= 0.3 is 5.69 Å². The number of nitrogens with two attached hydrogens (primary N) is 1. The van der Waals surface area contributed by atoms with Crippen molar-refractivity contribution >= 4 is 33.0 Å². The third kappa shape index (κ3) is 2.65. The van der Waals surface area contributed by atoms with Gasteiger partial charge in [0.25, 0.3) is 5.78 Å². The number of thiophene rings is 1. The number of anilines is 1. The molecular formula is C20H18N4O3S. The molecule has 0 atom stereocenters. The van der Waals surface area contributed by atoms with Gasteiger partial charge < -0.3 is 15.4 Å². The summed E-state index contributed by atoms with van der Waals surface area (Å²) in [4.78, 5) is 18.7. The number of pyridine rings is 1. The summed E-state index contributed by atoms with van der Waals surface area (Å²) in [6.07, 6.45) is 0. The number of nitrogens with zero attached hydrogens (tertiary/aromatic N) is 3. The van der Waals surface area contributed by atoms with Gasteiger partial charge in [0.15, 0.2) is 5.95 Å². The summed E-state index contributed by atoms with van der Waals surface area (Å²) in [6, 6.07) is 7.26. The summed E-state index contributed by atoms with van der Waals surface area (Å²) >= 11 is 1.18. The topological polar surface area (TPSA) is 109 Å². The van der Waals surface area contributed by atoms with Crippen LogP contribution in [-0.4, -0.2) is 16.0 Å². The highest BCUT2D eigenvalue weighted by Gasteiger charge is 2.32. The molecule has 0 bridgehead atoms. The highest BCUT2D eigenvalue weighted by Crippen LogP contribution is 2.38. The Labute approximate surface area is 165 Å². The number of hydrogen-bond acceptors (Lipinski definition) is 7. The summed E-state index contributed by atoms with van der Waals surface area (Å²) in [5, 5.41) is 16.8. The third-order valence-corrected chi connectivity index (χ3v) is 6.08. The number of ketones is 1. The van der Waals surface area contributed by atoms with Crippen molar-refractivity contribution in [3.63, 3.8) is 0 Å². The molecule has 0 aliphatic carbocycles. The molecule has 28 heavy (non-hydrogen) atoms. The van der Waals surface area contributed by atoms with E-state index in [2.05, 4.69) is 10.3 Å². The Hall–Kier alpha value is -3.26. The first-order valence-electron chi connectivity index (χ1n) is 8.66. The van der Waals surface area contributed by atoms with Gasteiger partial charge in [0, 0.05) is 23.2 Å². The first-order valence-corrected chi connectivity index (χ1v) is 9.47. The van der Waals surface area contributed by atoms with Gasteiger partial charge in [0.05, 0.1) is 11.0 Å². The summed E-state index contributed by atoms with van der Waals surface area (Å²) < 4.78 is 6.00. The van der Waals surface area contributed by atoms with Gasteiger partial charge in [-0.2, -0.15) is 0 Å². The van der Waals surface area contributed by atoms with Crippen molar-refractivity contribution in [3.8, 4) is 11.6 Å². The maximum Gasteiger partial charge on any atom is 0.312 e. The lowest BCUT2D eigenvalue weighted by Gasteiger charge is -2.05. The predicted molar refractivity (Wildman–Crippen MR) is 104 cm³/mol. The van der Waals surface area contributed by atoms with Crippen LogP contribution in [0.25, 0.3) is 15.9 Å². The Balaban J connectivity index is 1.90. The predicted octanol–water partition coefficient (Wildman–Crippen LogP) is 2.68. The molecule has 4 rings (SSSR count). The second-order valence-corrected chi connectivity index (χ2v) is 7.76. The average molecular weight is 394 g/mol. The molecule has 142 valence electrons. The van der Waals surface area contributed by atoms with Crippen molar-refractivity contribution in [1.29, 1.82) is 0 Å². The van der Waals surface area contributed by atoms with E-state index in [4.69, 9.17) is 10.3 Å². The van der Waals surface area contributed by atoms with E-state index >= 15 is 0 Å². The molecule has 3 heterocycles. The van der Waals surface area contributed by atoms with Crippen LogP contribution in [0.4, 0.5) is 5.69 Å². The van der Waals surface area contributed by atoms with Gasteiger partial charge in [-0.3, -0.25) is 4.79 Å². The number of fused-ring (bicyclic) bond motifs is 1. The van der Waals surface area contributed by atoms with E-state index in [0.717, 1.165) is 27.8 Å². The number of carbonyl (C=O) groups excluding carboxylic acids is 1. The molecule has 2 N–H and O–H groups in total. The summed E-state index contributed by atoms with van der Waals surface area (Å²) in [6.45, 7) is 7.78. The van der Waals surface area contributed by atoms with Crippen molar-refractivity contribution in [2.45, 2.75) is 27.7 Å². The minimum Gasteiger partial charge on any atom is -0.539 e. The van der Waals surface area contributed by atoms with E-state index in [1.807, 2.05) is 39.8 Å². The molecule has 0 saturated heterocycles. The Kier molecular flexibility index (Phi) is 4.15. The van der Waals surface area contributed by atoms with Crippen molar-refractivity contribution in [3.05, 3.63) is 57.2 Å². The van der Waals surface area contributed by atoms with Gasteiger partial charge in [0.2, 0.25) is 5.69 Å². The zero-order valence-electron chi connectivity index (χ0n) is 15.9. The van der Waals surface area contributed by atoms with Crippen LogP contribution in [0.2, 0.25) is 0 Å². The molecule has 0 amide bonds. The van der Waals surface area contributed by atoms with Crippen LogP contribution in [0.5, 0.6) is 5.95 Å². The van der Waals surface area contributed by atoms with Crippen LogP contribution in [0.1, 0.15) is 37.7 Å². The van der Waals surface area contributed by atoms with Crippen molar-refractivity contribution < 1.29 is 19.1 Å². The molecule has 0 spiro atoms. The zero-order valence-corrected chi connectivity index (χ0v) is 16.7. The van der Waals surface area contributed by atoms with Crippen LogP contribution in [0, 0.1) is 27.7 Å². The molecule has 0 aliphatic heterocycles. The SMILES string of the molecule is Cc1ccc(-[n+]2noc([O-])c2C(=O)c2sc3nc(C)c(C)c(C)c3c2N)cc1. The first kappa shape index (κ1) is 18.1. The van der Waals surface area contributed by atoms with E-state index in [1.165, 1.54) is 16.0 Å². The standard InChI is InChI=1S/C20H18N4O3S/c1-9-5-7-13(8-6-9)24-16(20(26)27-23-24)17(25)18-15(21)14-11(3)10(2)12(4)22-19(14)28-18/h5-8H,1-4H3,(H2-,21,23,25,26). The Morgan fingerprint density at radius 3 is 2.50 bits per heavy atom. The maximum atomic E-state index is 13.2. The van der Waals surface area contributed by atoms with E-state index in [1.54, 1.807) is 12.1 Å². The van der Waals surface area contributed by atoms with E-state index in [0.29, 0.717) is 16.2 Å². The number of rotatable bonds is 3. The Morgan fingerprint density at radius 1 is 1.14 bits per heavy atom. The molecule has 0 aliphatic rings. The monoisotopic (exact) mass is 394 g/mol. The molecular weight excluding hydrogens is 376 g/mol. The minimum atomic E-state index is -0.806. The van der Waals surface area contributed by atoms with Crippen LogP contribution in [0.15, 0.2) is 28.8 Å². The summed E-state index contributed by atoms with van der Waals surface area (Å²) in [5.74, 6) is -1.33. The summed E-state index contributed by atoms with van der Waals surface area (Å²) in [5.41, 5.74) is 10.9. The smallest absolute Gasteiger partial charge is 0.312 e. The maximum absolute atomic E-state index is 13.2.